The molecular weight excluding hydrogens is 262 g/mol. The lowest BCUT2D eigenvalue weighted by atomic mass is 9.93. The van der Waals surface area contributed by atoms with Gasteiger partial charge in [-0.05, 0) is 18.1 Å². The number of hydrogen-bond donors (Lipinski definition) is 2. The molecule has 1 aromatic carbocycles. The number of benzene rings is 1. The Bertz CT molecular complexity index is 540. The smallest absolute Gasteiger partial charge is 0.407 e. The van der Waals surface area contributed by atoms with Crippen molar-refractivity contribution in [2.24, 2.45) is 5.92 Å². The maximum absolute atomic E-state index is 11.4. The summed E-state index contributed by atoms with van der Waals surface area (Å²) in [6, 6.07) is 4.24. The van der Waals surface area contributed by atoms with Gasteiger partial charge < -0.3 is 14.9 Å². The Labute approximate surface area is 116 Å². The fourth-order valence-electron chi connectivity index (χ4n) is 2.53. The standard InChI is InChI=1S/C14H17NO5/c1-8(2)12-10-4-3-9(13(16)17)7-11(10)20-6-5-15(12)14(18)19/h3-4,7-8,12H,5-6H2,1-2H3,(H,16,17)(H,18,19)/t12-/m0/s1. The number of ether oxygens (including phenoxy) is 1. The van der Waals surface area contributed by atoms with Gasteiger partial charge in [0.2, 0.25) is 0 Å². The molecule has 1 aliphatic rings. The topological polar surface area (TPSA) is 87.1 Å². The van der Waals surface area contributed by atoms with Gasteiger partial charge >= 0.3 is 12.1 Å². The molecule has 1 aromatic rings. The van der Waals surface area contributed by atoms with Crippen LogP contribution in [0.15, 0.2) is 18.2 Å². The van der Waals surface area contributed by atoms with Crippen LogP contribution in [0, 0.1) is 5.92 Å². The van der Waals surface area contributed by atoms with Crippen LogP contribution in [0.1, 0.15) is 35.8 Å². The molecule has 0 spiro atoms. The minimum Gasteiger partial charge on any atom is -0.491 e. The van der Waals surface area contributed by atoms with E-state index in [-0.39, 0.29) is 30.7 Å². The zero-order valence-electron chi connectivity index (χ0n) is 11.4. The van der Waals surface area contributed by atoms with Crippen LogP contribution >= 0.6 is 0 Å². The van der Waals surface area contributed by atoms with Crippen molar-refractivity contribution < 1.29 is 24.5 Å². The summed E-state index contributed by atoms with van der Waals surface area (Å²) in [6.45, 7) is 4.34. The average molecular weight is 279 g/mol. The van der Waals surface area contributed by atoms with Crippen molar-refractivity contribution in [2.75, 3.05) is 13.2 Å². The number of hydrogen-bond acceptors (Lipinski definition) is 3. The predicted octanol–water partition coefficient (Wildman–Crippen LogP) is 2.45. The molecule has 0 fully saturated rings. The van der Waals surface area contributed by atoms with Crippen LogP contribution in [0.4, 0.5) is 4.79 Å². The second-order valence-electron chi connectivity index (χ2n) is 5.07. The van der Waals surface area contributed by atoms with Crippen molar-refractivity contribution in [1.82, 2.24) is 4.90 Å². The average Bonchev–Trinajstić information content (AvgIpc) is 2.56. The molecule has 20 heavy (non-hydrogen) atoms. The summed E-state index contributed by atoms with van der Waals surface area (Å²) in [7, 11) is 0. The van der Waals surface area contributed by atoms with Crippen LogP contribution in [-0.2, 0) is 0 Å². The van der Waals surface area contributed by atoms with Crippen LogP contribution in [0.2, 0.25) is 0 Å². The van der Waals surface area contributed by atoms with Gasteiger partial charge in [0.05, 0.1) is 18.2 Å². The molecule has 1 amide bonds. The van der Waals surface area contributed by atoms with E-state index < -0.39 is 12.1 Å². The van der Waals surface area contributed by atoms with E-state index in [0.29, 0.717) is 11.3 Å². The molecule has 6 heteroatoms. The third-order valence-corrected chi connectivity index (χ3v) is 3.38. The van der Waals surface area contributed by atoms with Crippen LogP contribution in [-0.4, -0.2) is 40.3 Å². The third kappa shape index (κ3) is 2.54. The van der Waals surface area contributed by atoms with E-state index in [0.717, 1.165) is 0 Å². The molecule has 0 radical (unpaired) electrons. The molecule has 6 nitrogen and oxygen atoms in total. The zero-order chi connectivity index (χ0) is 14.9. The van der Waals surface area contributed by atoms with E-state index in [1.165, 1.54) is 17.0 Å². The number of carbonyl (C=O) groups is 2. The fraction of sp³-hybridized carbons (Fsp3) is 0.429. The first kappa shape index (κ1) is 14.2. The molecule has 1 heterocycles. The molecule has 108 valence electrons. The van der Waals surface area contributed by atoms with Crippen LogP contribution < -0.4 is 4.74 Å². The summed E-state index contributed by atoms with van der Waals surface area (Å²) in [6.07, 6.45) is -0.998. The van der Waals surface area contributed by atoms with Gasteiger partial charge in [-0.1, -0.05) is 19.9 Å². The number of carboxylic acids is 1. The molecule has 2 rings (SSSR count). The molecule has 1 aliphatic heterocycles. The molecule has 0 aliphatic carbocycles. The summed E-state index contributed by atoms with van der Waals surface area (Å²) < 4.78 is 5.53. The first-order valence-electron chi connectivity index (χ1n) is 6.41. The summed E-state index contributed by atoms with van der Waals surface area (Å²) in [5.41, 5.74) is 0.847. The molecule has 0 saturated carbocycles. The van der Waals surface area contributed by atoms with Gasteiger partial charge in [-0.2, -0.15) is 0 Å². The highest BCUT2D eigenvalue weighted by Crippen LogP contribution is 2.37. The van der Waals surface area contributed by atoms with Crippen LogP contribution in [0.5, 0.6) is 5.75 Å². The quantitative estimate of drug-likeness (QED) is 0.868. The monoisotopic (exact) mass is 279 g/mol. The maximum atomic E-state index is 11.4. The predicted molar refractivity (Wildman–Crippen MR) is 71.2 cm³/mol. The molecule has 0 bridgehead atoms. The number of aromatic carboxylic acids is 1. The van der Waals surface area contributed by atoms with Gasteiger partial charge in [0.15, 0.2) is 0 Å². The van der Waals surface area contributed by atoms with Crippen molar-refractivity contribution in [3.63, 3.8) is 0 Å². The fourth-order valence-corrected chi connectivity index (χ4v) is 2.53. The van der Waals surface area contributed by atoms with Gasteiger partial charge in [-0.3, -0.25) is 4.90 Å². The summed E-state index contributed by atoms with van der Waals surface area (Å²) in [5.74, 6) is -0.522. The van der Waals surface area contributed by atoms with Crippen molar-refractivity contribution in [2.45, 2.75) is 19.9 Å². The van der Waals surface area contributed by atoms with E-state index in [9.17, 15) is 14.7 Å². The number of rotatable bonds is 2. The minimum absolute atomic E-state index is 0.0576. The lowest BCUT2D eigenvalue weighted by Gasteiger charge is -2.30. The van der Waals surface area contributed by atoms with Gasteiger partial charge in [-0.25, -0.2) is 9.59 Å². The third-order valence-electron chi connectivity index (χ3n) is 3.38. The number of carboxylic acid groups (broad SMARTS) is 2. The van der Waals surface area contributed by atoms with Crippen molar-refractivity contribution in [3.05, 3.63) is 29.3 Å². The highest BCUT2D eigenvalue weighted by Gasteiger charge is 2.32. The first-order chi connectivity index (χ1) is 9.41. The highest BCUT2D eigenvalue weighted by molar-refractivity contribution is 5.88. The summed E-state index contributed by atoms with van der Waals surface area (Å²) in [4.78, 5) is 23.7. The minimum atomic E-state index is -1.03. The Morgan fingerprint density at radius 2 is 2.05 bits per heavy atom. The van der Waals surface area contributed by atoms with Crippen LogP contribution in [0.25, 0.3) is 0 Å². The summed E-state index contributed by atoms with van der Waals surface area (Å²) >= 11 is 0. The normalized spacial score (nSPS) is 18.1. The largest absolute Gasteiger partial charge is 0.491 e. The lowest BCUT2D eigenvalue weighted by molar-refractivity contribution is 0.0696. The summed E-state index contributed by atoms with van der Waals surface area (Å²) in [5, 5.41) is 18.3. The maximum Gasteiger partial charge on any atom is 0.407 e. The van der Waals surface area contributed by atoms with E-state index in [4.69, 9.17) is 9.84 Å². The molecule has 2 N–H and O–H groups in total. The Morgan fingerprint density at radius 1 is 1.35 bits per heavy atom. The zero-order valence-corrected chi connectivity index (χ0v) is 11.4. The van der Waals surface area contributed by atoms with Gasteiger partial charge in [0.1, 0.15) is 12.4 Å². The van der Waals surface area contributed by atoms with Crippen molar-refractivity contribution in [1.29, 1.82) is 0 Å². The van der Waals surface area contributed by atoms with Gasteiger partial charge in [0, 0.05) is 5.56 Å². The van der Waals surface area contributed by atoms with E-state index in [1.807, 2.05) is 13.8 Å². The van der Waals surface area contributed by atoms with Crippen LogP contribution in [0.3, 0.4) is 0 Å². The van der Waals surface area contributed by atoms with Crippen molar-refractivity contribution in [3.8, 4) is 5.75 Å². The highest BCUT2D eigenvalue weighted by atomic mass is 16.5. The molecular formula is C14H17NO5. The van der Waals surface area contributed by atoms with E-state index in [2.05, 4.69) is 0 Å². The first-order valence-corrected chi connectivity index (χ1v) is 6.41. The Hall–Kier alpha value is -2.24. The number of fused-ring (bicyclic) bond motifs is 1. The molecule has 0 saturated heterocycles. The second-order valence-corrected chi connectivity index (χ2v) is 5.07. The van der Waals surface area contributed by atoms with Crippen molar-refractivity contribution >= 4 is 12.1 Å². The second kappa shape index (κ2) is 5.40. The number of nitrogens with zero attached hydrogens (tertiary/aromatic N) is 1. The van der Waals surface area contributed by atoms with Gasteiger partial charge in [0.25, 0.3) is 0 Å². The molecule has 0 unspecified atom stereocenters. The van der Waals surface area contributed by atoms with Gasteiger partial charge in [-0.15, -0.1) is 0 Å². The Morgan fingerprint density at radius 3 is 2.60 bits per heavy atom. The molecule has 0 aromatic heterocycles. The lowest BCUT2D eigenvalue weighted by Crippen LogP contribution is -2.37. The molecule has 1 atom stereocenters. The van der Waals surface area contributed by atoms with E-state index >= 15 is 0 Å². The SMILES string of the molecule is CC(C)[C@H]1c2ccc(C(=O)O)cc2OCCN1C(=O)O. The number of amides is 1. The Kier molecular flexibility index (Phi) is 3.83. The Balaban J connectivity index is 2.51. The van der Waals surface area contributed by atoms with E-state index in [1.54, 1.807) is 6.07 Å².